The Kier molecular flexibility index (Phi) is 3.39. The zero-order valence-corrected chi connectivity index (χ0v) is 13.9. The zero-order chi connectivity index (χ0) is 16.1. The summed E-state index contributed by atoms with van der Waals surface area (Å²) in [6.07, 6.45) is 12.7. The number of carbonyl (C=O) groups is 1. The van der Waals surface area contributed by atoms with Crippen LogP contribution in [0.3, 0.4) is 0 Å². The maximum Gasteiger partial charge on any atom is 0.201 e. The van der Waals surface area contributed by atoms with Gasteiger partial charge in [0, 0.05) is 11.8 Å². The highest BCUT2D eigenvalue weighted by Crippen LogP contribution is 2.53. The van der Waals surface area contributed by atoms with Gasteiger partial charge in [-0.15, -0.1) is 0 Å². The molecule has 0 unspecified atom stereocenters. The number of Topliss-reactive ketones (excluding diaryl/α,β-unsaturated/α-hetero) is 1. The molecule has 4 aliphatic carbocycles. The Bertz CT molecular complexity index is 702. The molecule has 6 atom stereocenters. The molecular weight excluding hydrogens is 296 g/mol. The quantitative estimate of drug-likeness (QED) is 0.759. The maximum atomic E-state index is 12.9. The molecule has 2 nitrogen and oxygen atoms in total. The SMILES string of the molecule is O=C1C(O[C@@H]2CCCC[C@H]2c2ccccc2)=C[C@@H]2[C@H]1[C@H]1C=C[C@@H]2C1. The predicted molar refractivity (Wildman–Crippen MR) is 93.3 cm³/mol. The van der Waals surface area contributed by atoms with Gasteiger partial charge in [0.25, 0.3) is 0 Å². The molecule has 2 fully saturated rings. The van der Waals surface area contributed by atoms with Crippen LogP contribution in [0.4, 0.5) is 0 Å². The molecule has 2 saturated carbocycles. The summed E-state index contributed by atoms with van der Waals surface area (Å²) in [6, 6.07) is 10.7. The fraction of sp³-hybridized carbons (Fsp3) is 0.500. The molecule has 0 radical (unpaired) electrons. The summed E-state index contributed by atoms with van der Waals surface area (Å²) in [5.74, 6) is 2.98. The average Bonchev–Trinajstić information content (AvgIpc) is 3.31. The van der Waals surface area contributed by atoms with Gasteiger partial charge in [-0.1, -0.05) is 48.9 Å². The van der Waals surface area contributed by atoms with Crippen molar-refractivity contribution < 1.29 is 9.53 Å². The van der Waals surface area contributed by atoms with E-state index in [2.05, 4.69) is 48.6 Å². The topological polar surface area (TPSA) is 26.3 Å². The van der Waals surface area contributed by atoms with Crippen molar-refractivity contribution in [2.45, 2.75) is 44.1 Å². The lowest BCUT2D eigenvalue weighted by Gasteiger charge is -2.32. The van der Waals surface area contributed by atoms with Crippen LogP contribution in [-0.4, -0.2) is 11.9 Å². The Morgan fingerprint density at radius 3 is 2.58 bits per heavy atom. The van der Waals surface area contributed by atoms with Crippen molar-refractivity contribution in [2.24, 2.45) is 23.7 Å². The van der Waals surface area contributed by atoms with Gasteiger partial charge >= 0.3 is 0 Å². The van der Waals surface area contributed by atoms with E-state index in [-0.39, 0.29) is 17.8 Å². The van der Waals surface area contributed by atoms with E-state index in [0.29, 0.717) is 29.4 Å². The maximum absolute atomic E-state index is 12.9. The highest BCUT2D eigenvalue weighted by Gasteiger charge is 2.52. The van der Waals surface area contributed by atoms with Gasteiger partial charge in [-0.25, -0.2) is 0 Å². The highest BCUT2D eigenvalue weighted by molar-refractivity contribution is 5.99. The summed E-state index contributed by atoms with van der Waals surface area (Å²) < 4.78 is 6.38. The fourth-order valence-corrected chi connectivity index (χ4v) is 5.46. The van der Waals surface area contributed by atoms with Crippen molar-refractivity contribution in [2.75, 3.05) is 0 Å². The number of benzene rings is 1. The molecule has 0 aliphatic heterocycles. The van der Waals surface area contributed by atoms with E-state index in [1.54, 1.807) is 0 Å². The summed E-state index contributed by atoms with van der Waals surface area (Å²) >= 11 is 0. The zero-order valence-electron chi connectivity index (χ0n) is 13.9. The highest BCUT2D eigenvalue weighted by atomic mass is 16.5. The Balaban J connectivity index is 1.37. The lowest BCUT2D eigenvalue weighted by atomic mass is 9.81. The number of carbonyl (C=O) groups excluding carboxylic acids is 1. The Labute approximate surface area is 143 Å². The summed E-state index contributed by atoms with van der Waals surface area (Å²) in [6.45, 7) is 0. The van der Waals surface area contributed by atoms with Crippen LogP contribution in [0.5, 0.6) is 0 Å². The van der Waals surface area contributed by atoms with Gasteiger partial charge in [-0.2, -0.15) is 0 Å². The van der Waals surface area contributed by atoms with Crippen LogP contribution in [0.1, 0.15) is 43.6 Å². The van der Waals surface area contributed by atoms with E-state index >= 15 is 0 Å². The second-order valence-electron chi connectivity index (χ2n) is 7.90. The first-order valence-electron chi connectivity index (χ1n) is 9.47. The first-order valence-corrected chi connectivity index (χ1v) is 9.47. The fourth-order valence-electron chi connectivity index (χ4n) is 5.46. The van der Waals surface area contributed by atoms with E-state index in [1.807, 2.05) is 0 Å². The number of fused-ring (bicyclic) bond motifs is 5. The first-order chi connectivity index (χ1) is 11.8. The molecular formula is C22H24O2. The van der Waals surface area contributed by atoms with Gasteiger partial charge in [0.1, 0.15) is 6.10 Å². The van der Waals surface area contributed by atoms with Crippen LogP contribution in [0.15, 0.2) is 54.3 Å². The van der Waals surface area contributed by atoms with Crippen molar-refractivity contribution in [3.63, 3.8) is 0 Å². The van der Waals surface area contributed by atoms with E-state index in [1.165, 1.54) is 24.8 Å². The molecule has 0 spiro atoms. The van der Waals surface area contributed by atoms with Gasteiger partial charge in [0.2, 0.25) is 5.78 Å². The van der Waals surface area contributed by atoms with Gasteiger partial charge < -0.3 is 4.74 Å². The van der Waals surface area contributed by atoms with Gasteiger partial charge in [0.05, 0.1) is 0 Å². The minimum Gasteiger partial charge on any atom is -0.486 e. The van der Waals surface area contributed by atoms with Crippen LogP contribution in [0.25, 0.3) is 0 Å². The summed E-state index contributed by atoms with van der Waals surface area (Å²) in [7, 11) is 0. The number of ether oxygens (including phenoxy) is 1. The largest absolute Gasteiger partial charge is 0.486 e. The number of ketones is 1. The molecule has 0 aromatic heterocycles. The third-order valence-electron chi connectivity index (χ3n) is 6.62. The summed E-state index contributed by atoms with van der Waals surface area (Å²) in [5.41, 5.74) is 1.36. The van der Waals surface area contributed by atoms with Crippen molar-refractivity contribution >= 4 is 5.78 Å². The van der Waals surface area contributed by atoms with Gasteiger partial charge in [-0.3, -0.25) is 4.79 Å². The molecule has 1 aromatic carbocycles. The van der Waals surface area contributed by atoms with Crippen LogP contribution in [-0.2, 0) is 9.53 Å². The summed E-state index contributed by atoms with van der Waals surface area (Å²) in [5, 5.41) is 0. The number of hydrogen-bond donors (Lipinski definition) is 0. The minimum absolute atomic E-state index is 0.154. The second kappa shape index (κ2) is 5.61. The molecule has 0 heterocycles. The monoisotopic (exact) mass is 320 g/mol. The normalized spacial score (nSPS) is 39.8. The van der Waals surface area contributed by atoms with Crippen molar-refractivity contribution in [1.29, 1.82) is 0 Å². The van der Waals surface area contributed by atoms with Crippen LogP contribution in [0.2, 0.25) is 0 Å². The van der Waals surface area contributed by atoms with Crippen LogP contribution < -0.4 is 0 Å². The molecule has 4 aliphatic rings. The third kappa shape index (κ3) is 2.19. The van der Waals surface area contributed by atoms with Gasteiger partial charge in [-0.05, 0) is 55.1 Å². The minimum atomic E-state index is 0.154. The van der Waals surface area contributed by atoms with Gasteiger partial charge in [0.15, 0.2) is 5.76 Å². The van der Waals surface area contributed by atoms with Crippen LogP contribution >= 0.6 is 0 Å². The molecule has 0 saturated heterocycles. The van der Waals surface area contributed by atoms with Crippen molar-refractivity contribution in [3.05, 3.63) is 59.9 Å². The smallest absolute Gasteiger partial charge is 0.201 e. The molecule has 24 heavy (non-hydrogen) atoms. The Morgan fingerprint density at radius 2 is 1.75 bits per heavy atom. The average molecular weight is 320 g/mol. The van der Waals surface area contributed by atoms with E-state index < -0.39 is 0 Å². The van der Waals surface area contributed by atoms with E-state index in [4.69, 9.17) is 4.74 Å². The molecule has 0 amide bonds. The molecule has 5 rings (SSSR count). The van der Waals surface area contributed by atoms with E-state index in [9.17, 15) is 4.79 Å². The van der Waals surface area contributed by atoms with Crippen molar-refractivity contribution in [1.82, 2.24) is 0 Å². The molecule has 1 aromatic rings. The number of hydrogen-bond acceptors (Lipinski definition) is 2. The predicted octanol–water partition coefficient (Wildman–Crippen LogP) is 4.63. The lowest BCUT2D eigenvalue weighted by Crippen LogP contribution is -2.28. The molecule has 124 valence electrons. The molecule has 0 N–H and O–H groups in total. The lowest BCUT2D eigenvalue weighted by molar-refractivity contribution is -0.124. The standard InChI is InChI=1S/C22H24O2/c23-22-20(13-18-15-10-11-16(12-15)21(18)22)24-19-9-5-4-8-17(19)14-6-2-1-3-7-14/h1-3,6-7,10-11,13,15-19,21H,4-5,8-9,12H2/t15-,16+,17+,18+,19-,21-/m1/s1. The van der Waals surface area contributed by atoms with E-state index in [0.717, 1.165) is 12.8 Å². The first kappa shape index (κ1) is 14.5. The molecule has 2 heteroatoms. The Morgan fingerprint density at radius 1 is 0.958 bits per heavy atom. The third-order valence-corrected chi connectivity index (χ3v) is 6.62. The second-order valence-corrected chi connectivity index (χ2v) is 7.90. The molecule has 2 bridgehead atoms. The summed E-state index contributed by atoms with van der Waals surface area (Å²) in [4.78, 5) is 12.9. The Hall–Kier alpha value is -1.83. The number of rotatable bonds is 3. The number of allylic oxidation sites excluding steroid dienone is 4. The van der Waals surface area contributed by atoms with Crippen LogP contribution in [0, 0.1) is 23.7 Å². The van der Waals surface area contributed by atoms with Crippen molar-refractivity contribution in [3.8, 4) is 0 Å².